The molecule has 1 aromatic heterocycles. The van der Waals surface area contributed by atoms with Crippen LogP contribution in [0.5, 0.6) is 5.75 Å². The van der Waals surface area contributed by atoms with Gasteiger partial charge in [0.1, 0.15) is 12.4 Å². The lowest BCUT2D eigenvalue weighted by atomic mass is 10.1. The predicted octanol–water partition coefficient (Wildman–Crippen LogP) is 4.91. The number of para-hydroxylation sites is 1. The van der Waals surface area contributed by atoms with Gasteiger partial charge < -0.3 is 9.72 Å². The first-order chi connectivity index (χ1) is 10.6. The number of rotatable bonds is 4. The summed E-state index contributed by atoms with van der Waals surface area (Å²) in [4.78, 5) is 15.2. The van der Waals surface area contributed by atoms with Crippen LogP contribution < -0.4 is 4.74 Å². The minimum absolute atomic E-state index is 0.0195. The third-order valence-corrected chi connectivity index (χ3v) is 3.89. The van der Waals surface area contributed by atoms with E-state index in [9.17, 15) is 4.79 Å². The molecule has 0 radical (unpaired) electrons. The Morgan fingerprint density at radius 3 is 2.73 bits per heavy atom. The second-order valence-corrected chi connectivity index (χ2v) is 5.71. The number of hydrogen-bond acceptors (Lipinski definition) is 2. The first-order valence-corrected chi connectivity index (χ1v) is 7.43. The molecule has 0 saturated carbocycles. The highest BCUT2D eigenvalue weighted by Crippen LogP contribution is 2.28. The van der Waals surface area contributed by atoms with Gasteiger partial charge in [-0.1, -0.05) is 35.9 Å². The maximum absolute atomic E-state index is 12.0. The summed E-state index contributed by atoms with van der Waals surface area (Å²) in [5, 5.41) is 1.49. The fraction of sp³-hybridized carbons (Fsp3) is 0.167. The molecule has 0 amide bonds. The Hall–Kier alpha value is -2.26. The van der Waals surface area contributed by atoms with E-state index < -0.39 is 0 Å². The molecular formula is C18H16ClNO2. The number of nitrogens with one attached hydrogen (secondary N) is 1. The highest BCUT2D eigenvalue weighted by atomic mass is 35.5. The highest BCUT2D eigenvalue weighted by Gasteiger charge is 2.15. The van der Waals surface area contributed by atoms with E-state index in [4.69, 9.17) is 16.3 Å². The summed E-state index contributed by atoms with van der Waals surface area (Å²) in [5.41, 5.74) is 3.46. The SMILES string of the molecule is CC(=O)c1c(COc2ccc(C)cc2Cl)[nH]c2ccccc12. The number of halogens is 1. The van der Waals surface area contributed by atoms with E-state index in [-0.39, 0.29) is 12.4 Å². The Bertz CT molecular complexity index is 851. The molecule has 1 heterocycles. The van der Waals surface area contributed by atoms with Gasteiger partial charge in [-0.3, -0.25) is 4.79 Å². The summed E-state index contributed by atoms with van der Waals surface area (Å²) >= 11 is 6.17. The van der Waals surface area contributed by atoms with Crippen LogP contribution in [0.25, 0.3) is 10.9 Å². The van der Waals surface area contributed by atoms with Gasteiger partial charge in [0, 0.05) is 16.5 Å². The number of carbonyl (C=O) groups excluding carboxylic acids is 1. The number of aromatic nitrogens is 1. The number of hydrogen-bond donors (Lipinski definition) is 1. The van der Waals surface area contributed by atoms with E-state index >= 15 is 0 Å². The molecule has 0 spiro atoms. The van der Waals surface area contributed by atoms with Crippen molar-refractivity contribution in [3.8, 4) is 5.75 Å². The van der Waals surface area contributed by atoms with Gasteiger partial charge in [0.05, 0.1) is 10.7 Å². The smallest absolute Gasteiger partial charge is 0.162 e. The summed E-state index contributed by atoms with van der Waals surface area (Å²) in [6, 6.07) is 13.4. The molecular weight excluding hydrogens is 298 g/mol. The molecule has 0 bridgehead atoms. The van der Waals surface area contributed by atoms with Crippen molar-refractivity contribution in [3.05, 3.63) is 64.3 Å². The summed E-state index contributed by atoms with van der Waals surface area (Å²) < 4.78 is 5.78. The first-order valence-electron chi connectivity index (χ1n) is 7.05. The number of aromatic amines is 1. The van der Waals surface area contributed by atoms with Crippen molar-refractivity contribution in [1.29, 1.82) is 0 Å². The molecule has 112 valence electrons. The lowest BCUT2D eigenvalue weighted by Crippen LogP contribution is -2.03. The second-order valence-electron chi connectivity index (χ2n) is 5.30. The molecule has 0 aliphatic carbocycles. The summed E-state index contributed by atoms with van der Waals surface area (Å²) in [7, 11) is 0. The minimum atomic E-state index is 0.0195. The molecule has 4 heteroatoms. The maximum atomic E-state index is 12.0. The number of fused-ring (bicyclic) bond motifs is 1. The maximum Gasteiger partial charge on any atom is 0.162 e. The van der Waals surface area contributed by atoms with Crippen molar-refractivity contribution >= 4 is 28.3 Å². The lowest BCUT2D eigenvalue weighted by Gasteiger charge is -2.08. The second kappa shape index (κ2) is 5.85. The topological polar surface area (TPSA) is 42.1 Å². The van der Waals surface area contributed by atoms with Crippen LogP contribution in [0.15, 0.2) is 42.5 Å². The van der Waals surface area contributed by atoms with E-state index in [2.05, 4.69) is 4.98 Å². The van der Waals surface area contributed by atoms with Gasteiger partial charge in [-0.25, -0.2) is 0 Å². The highest BCUT2D eigenvalue weighted by molar-refractivity contribution is 6.32. The Kier molecular flexibility index (Phi) is 3.90. The number of Topliss-reactive ketones (excluding diaryl/α,β-unsaturated/α-hetero) is 1. The van der Waals surface area contributed by atoms with Gasteiger partial charge in [-0.15, -0.1) is 0 Å². The number of benzene rings is 2. The van der Waals surface area contributed by atoms with E-state index in [0.29, 0.717) is 16.3 Å². The van der Waals surface area contributed by atoms with Crippen molar-refractivity contribution in [3.63, 3.8) is 0 Å². The Labute approximate surface area is 133 Å². The molecule has 3 aromatic rings. The number of carbonyl (C=O) groups is 1. The monoisotopic (exact) mass is 313 g/mol. The molecule has 3 rings (SSSR count). The van der Waals surface area contributed by atoms with E-state index in [1.807, 2.05) is 49.4 Å². The average Bonchev–Trinajstić information content (AvgIpc) is 2.84. The molecule has 0 saturated heterocycles. The number of ketones is 1. The minimum Gasteiger partial charge on any atom is -0.486 e. The molecule has 22 heavy (non-hydrogen) atoms. The van der Waals surface area contributed by atoms with Crippen molar-refractivity contribution in [1.82, 2.24) is 4.98 Å². The third kappa shape index (κ3) is 2.72. The average molecular weight is 314 g/mol. The van der Waals surface area contributed by atoms with E-state index in [1.54, 1.807) is 6.92 Å². The van der Waals surface area contributed by atoms with Crippen LogP contribution in [0, 0.1) is 6.92 Å². The van der Waals surface area contributed by atoms with Crippen LogP contribution in [0.2, 0.25) is 5.02 Å². The molecule has 0 aliphatic heterocycles. The van der Waals surface area contributed by atoms with Crippen LogP contribution >= 0.6 is 11.6 Å². The van der Waals surface area contributed by atoms with Crippen LogP contribution in [0.4, 0.5) is 0 Å². The van der Waals surface area contributed by atoms with Crippen LogP contribution in [-0.2, 0) is 6.61 Å². The molecule has 1 N–H and O–H groups in total. The Morgan fingerprint density at radius 1 is 1.23 bits per heavy atom. The Morgan fingerprint density at radius 2 is 2.00 bits per heavy atom. The first kappa shape index (κ1) is 14.7. The number of H-pyrrole nitrogens is 1. The fourth-order valence-corrected chi connectivity index (χ4v) is 2.87. The molecule has 0 unspecified atom stereocenters. The van der Waals surface area contributed by atoms with Crippen LogP contribution in [0.1, 0.15) is 28.5 Å². The zero-order valence-electron chi connectivity index (χ0n) is 12.4. The predicted molar refractivity (Wildman–Crippen MR) is 88.8 cm³/mol. The molecule has 3 nitrogen and oxygen atoms in total. The summed E-state index contributed by atoms with van der Waals surface area (Å²) in [5.74, 6) is 0.631. The van der Waals surface area contributed by atoms with Gasteiger partial charge in [-0.05, 0) is 37.6 Å². The molecule has 0 atom stereocenters. The zero-order chi connectivity index (χ0) is 15.7. The number of aryl methyl sites for hydroxylation is 1. The molecule has 2 aromatic carbocycles. The van der Waals surface area contributed by atoms with Gasteiger partial charge in [0.2, 0.25) is 0 Å². The van der Waals surface area contributed by atoms with Crippen molar-refractivity contribution in [2.24, 2.45) is 0 Å². The van der Waals surface area contributed by atoms with Crippen molar-refractivity contribution in [2.45, 2.75) is 20.5 Å². The summed E-state index contributed by atoms with van der Waals surface area (Å²) in [6.07, 6.45) is 0. The van der Waals surface area contributed by atoms with Gasteiger partial charge in [0.25, 0.3) is 0 Å². The standard InChI is InChI=1S/C18H16ClNO2/c1-11-7-8-17(14(19)9-11)22-10-16-18(12(2)21)13-5-3-4-6-15(13)20-16/h3-9,20H,10H2,1-2H3. The summed E-state index contributed by atoms with van der Waals surface area (Å²) in [6.45, 7) is 3.81. The fourth-order valence-electron chi connectivity index (χ4n) is 2.58. The molecule has 0 fully saturated rings. The van der Waals surface area contributed by atoms with Crippen LogP contribution in [-0.4, -0.2) is 10.8 Å². The van der Waals surface area contributed by atoms with Crippen molar-refractivity contribution < 1.29 is 9.53 Å². The van der Waals surface area contributed by atoms with Crippen molar-refractivity contribution in [2.75, 3.05) is 0 Å². The Balaban J connectivity index is 1.93. The lowest BCUT2D eigenvalue weighted by molar-refractivity contribution is 0.101. The zero-order valence-corrected chi connectivity index (χ0v) is 13.2. The van der Waals surface area contributed by atoms with Gasteiger partial charge in [0.15, 0.2) is 5.78 Å². The third-order valence-electron chi connectivity index (χ3n) is 3.60. The number of ether oxygens (including phenoxy) is 1. The molecule has 0 aliphatic rings. The normalized spacial score (nSPS) is 10.9. The van der Waals surface area contributed by atoms with Crippen LogP contribution in [0.3, 0.4) is 0 Å². The van der Waals surface area contributed by atoms with E-state index in [1.165, 1.54) is 0 Å². The largest absolute Gasteiger partial charge is 0.486 e. The van der Waals surface area contributed by atoms with Gasteiger partial charge in [-0.2, -0.15) is 0 Å². The van der Waals surface area contributed by atoms with Gasteiger partial charge >= 0.3 is 0 Å². The van der Waals surface area contributed by atoms with E-state index in [0.717, 1.165) is 22.2 Å². The quantitative estimate of drug-likeness (QED) is 0.695.